The maximum atomic E-state index is 12.2. The lowest BCUT2D eigenvalue weighted by atomic mass is 10.1. The molecule has 0 bridgehead atoms. The van der Waals surface area contributed by atoms with E-state index in [1.807, 2.05) is 18.2 Å². The van der Waals surface area contributed by atoms with Gasteiger partial charge in [0, 0.05) is 11.1 Å². The molecule has 1 heterocycles. The molecule has 0 radical (unpaired) electrons. The van der Waals surface area contributed by atoms with Crippen molar-refractivity contribution in [2.75, 3.05) is 0 Å². The minimum Gasteiger partial charge on any atom is -0.507 e. The summed E-state index contributed by atoms with van der Waals surface area (Å²) in [7, 11) is 0. The molecule has 0 aliphatic carbocycles. The van der Waals surface area contributed by atoms with Crippen molar-refractivity contribution in [3.63, 3.8) is 0 Å². The molecule has 6 nitrogen and oxygen atoms in total. The first-order valence-electron chi connectivity index (χ1n) is 7.49. The lowest BCUT2D eigenvalue weighted by Gasteiger charge is -2.03. The molecule has 1 amide bonds. The molecule has 0 aliphatic rings. The van der Waals surface area contributed by atoms with Gasteiger partial charge in [-0.15, -0.1) is 0 Å². The lowest BCUT2D eigenvalue weighted by Crippen LogP contribution is -2.19. The van der Waals surface area contributed by atoms with Crippen LogP contribution < -0.4 is 5.43 Å². The fourth-order valence-corrected chi connectivity index (χ4v) is 2.51. The highest BCUT2D eigenvalue weighted by Gasteiger charge is 2.12. The molecule has 25 heavy (non-hydrogen) atoms. The number of para-hydroxylation sites is 1. The van der Waals surface area contributed by atoms with E-state index in [0.717, 1.165) is 5.56 Å². The molecule has 7 heteroatoms. The van der Waals surface area contributed by atoms with E-state index in [9.17, 15) is 9.90 Å². The van der Waals surface area contributed by atoms with Crippen LogP contribution in [0, 0.1) is 0 Å². The van der Waals surface area contributed by atoms with Crippen LogP contribution in [0.4, 0.5) is 0 Å². The Hall–Kier alpha value is -3.12. The first-order chi connectivity index (χ1) is 12.1. The molecule has 3 rings (SSSR count). The largest absolute Gasteiger partial charge is 0.507 e. The smallest absolute Gasteiger partial charge is 0.289 e. The van der Waals surface area contributed by atoms with Crippen molar-refractivity contribution >= 4 is 23.2 Å². The van der Waals surface area contributed by atoms with Gasteiger partial charge in [0.25, 0.3) is 5.91 Å². The number of phenols is 1. The fraction of sp³-hybridized carbons (Fsp3) is 0.0556. The summed E-state index contributed by atoms with van der Waals surface area (Å²) in [5.41, 5.74) is 5.02. The van der Waals surface area contributed by atoms with Gasteiger partial charge in [-0.2, -0.15) is 10.2 Å². The van der Waals surface area contributed by atoms with Crippen LogP contribution in [0.25, 0.3) is 11.3 Å². The second-order valence-corrected chi connectivity index (χ2v) is 5.71. The topological polar surface area (TPSA) is 90.4 Å². The number of aromatic amines is 1. The van der Waals surface area contributed by atoms with Gasteiger partial charge in [-0.3, -0.25) is 9.89 Å². The van der Waals surface area contributed by atoms with Gasteiger partial charge in [-0.1, -0.05) is 41.9 Å². The zero-order chi connectivity index (χ0) is 17.8. The fourth-order valence-electron chi connectivity index (χ4n) is 2.28. The average Bonchev–Trinajstić information content (AvgIpc) is 3.10. The number of aromatic hydroxyl groups is 1. The summed E-state index contributed by atoms with van der Waals surface area (Å²) < 4.78 is 0. The van der Waals surface area contributed by atoms with E-state index in [1.165, 1.54) is 0 Å². The third-order valence-electron chi connectivity index (χ3n) is 3.59. The number of halogens is 1. The van der Waals surface area contributed by atoms with Crippen LogP contribution in [0.5, 0.6) is 5.75 Å². The molecule has 0 fully saturated rings. The first-order valence-corrected chi connectivity index (χ1v) is 7.87. The number of aromatic nitrogens is 2. The highest BCUT2D eigenvalue weighted by molar-refractivity contribution is 6.33. The van der Waals surface area contributed by atoms with Crippen molar-refractivity contribution in [3.05, 3.63) is 70.9 Å². The summed E-state index contributed by atoms with van der Waals surface area (Å²) in [6.07, 6.45) is 0. The van der Waals surface area contributed by atoms with Crippen LogP contribution in [-0.2, 0) is 0 Å². The SMILES string of the molecule is C/C(=N/NC(=O)c1cc(-c2ccccc2Cl)n[nH]1)c1ccccc1O. The Morgan fingerprint density at radius 3 is 2.68 bits per heavy atom. The predicted molar refractivity (Wildman–Crippen MR) is 96.8 cm³/mol. The molecule has 0 saturated heterocycles. The minimum absolute atomic E-state index is 0.0977. The van der Waals surface area contributed by atoms with Crippen molar-refractivity contribution < 1.29 is 9.90 Å². The number of amides is 1. The van der Waals surface area contributed by atoms with Crippen LogP contribution in [0.3, 0.4) is 0 Å². The van der Waals surface area contributed by atoms with E-state index in [-0.39, 0.29) is 11.4 Å². The Balaban J connectivity index is 1.76. The number of hydrogen-bond acceptors (Lipinski definition) is 4. The summed E-state index contributed by atoms with van der Waals surface area (Å²) in [4.78, 5) is 12.2. The Morgan fingerprint density at radius 1 is 1.20 bits per heavy atom. The van der Waals surface area contributed by atoms with Gasteiger partial charge in [0.2, 0.25) is 0 Å². The number of rotatable bonds is 4. The second-order valence-electron chi connectivity index (χ2n) is 5.30. The normalized spacial score (nSPS) is 11.4. The van der Waals surface area contributed by atoms with Gasteiger partial charge in [-0.25, -0.2) is 5.43 Å². The van der Waals surface area contributed by atoms with Gasteiger partial charge >= 0.3 is 0 Å². The third kappa shape index (κ3) is 3.70. The van der Waals surface area contributed by atoms with E-state index in [1.54, 1.807) is 43.3 Å². The quantitative estimate of drug-likeness (QED) is 0.494. The Kier molecular flexibility index (Phi) is 4.81. The maximum Gasteiger partial charge on any atom is 0.289 e. The van der Waals surface area contributed by atoms with Crippen molar-refractivity contribution in [1.29, 1.82) is 0 Å². The van der Waals surface area contributed by atoms with E-state index >= 15 is 0 Å². The third-order valence-corrected chi connectivity index (χ3v) is 3.92. The summed E-state index contributed by atoms with van der Waals surface area (Å²) in [5.74, 6) is -0.346. The lowest BCUT2D eigenvalue weighted by molar-refractivity contribution is 0.0950. The zero-order valence-electron chi connectivity index (χ0n) is 13.3. The zero-order valence-corrected chi connectivity index (χ0v) is 14.1. The predicted octanol–water partition coefficient (Wildman–Crippen LogP) is 3.59. The van der Waals surface area contributed by atoms with E-state index in [4.69, 9.17) is 11.6 Å². The van der Waals surface area contributed by atoms with Crippen LogP contribution in [-0.4, -0.2) is 26.9 Å². The van der Waals surface area contributed by atoms with Gasteiger partial charge in [0.15, 0.2) is 0 Å². The molecular weight excluding hydrogens is 340 g/mol. The van der Waals surface area contributed by atoms with Crippen LogP contribution in [0.1, 0.15) is 23.0 Å². The molecule has 0 unspecified atom stereocenters. The number of carbonyl (C=O) groups is 1. The monoisotopic (exact) mass is 354 g/mol. The van der Waals surface area contributed by atoms with Crippen molar-refractivity contribution in [1.82, 2.24) is 15.6 Å². The van der Waals surface area contributed by atoms with E-state index < -0.39 is 5.91 Å². The Morgan fingerprint density at radius 2 is 1.92 bits per heavy atom. The molecule has 0 aliphatic heterocycles. The molecule has 3 aromatic rings. The number of carbonyl (C=O) groups excluding carboxylic acids is 1. The van der Waals surface area contributed by atoms with E-state index in [2.05, 4.69) is 20.7 Å². The summed E-state index contributed by atoms with van der Waals surface area (Å²) in [6.45, 7) is 1.69. The van der Waals surface area contributed by atoms with Crippen LogP contribution in [0.15, 0.2) is 59.7 Å². The van der Waals surface area contributed by atoms with Crippen molar-refractivity contribution in [2.24, 2.45) is 5.10 Å². The molecule has 0 atom stereocenters. The molecule has 0 spiro atoms. The highest BCUT2D eigenvalue weighted by atomic mass is 35.5. The summed E-state index contributed by atoms with van der Waals surface area (Å²) in [5, 5.41) is 21.1. The first kappa shape index (κ1) is 16.7. The number of nitrogens with one attached hydrogen (secondary N) is 2. The second kappa shape index (κ2) is 7.19. The Labute approximate surface area is 149 Å². The van der Waals surface area contributed by atoms with Crippen LogP contribution >= 0.6 is 11.6 Å². The molecule has 3 N–H and O–H groups in total. The summed E-state index contributed by atoms with van der Waals surface area (Å²) in [6, 6.07) is 15.6. The minimum atomic E-state index is -0.444. The summed E-state index contributed by atoms with van der Waals surface area (Å²) >= 11 is 6.13. The number of hydrazone groups is 1. The average molecular weight is 355 g/mol. The van der Waals surface area contributed by atoms with Crippen molar-refractivity contribution in [3.8, 4) is 17.0 Å². The van der Waals surface area contributed by atoms with Gasteiger partial charge in [0.05, 0.1) is 16.4 Å². The van der Waals surface area contributed by atoms with Gasteiger partial charge in [0.1, 0.15) is 11.4 Å². The number of benzene rings is 2. The van der Waals surface area contributed by atoms with Crippen molar-refractivity contribution in [2.45, 2.75) is 6.92 Å². The molecular formula is C18H15ClN4O2. The number of H-pyrrole nitrogens is 1. The number of nitrogens with zero attached hydrogens (tertiary/aromatic N) is 2. The Bertz CT molecular complexity index is 950. The molecule has 0 saturated carbocycles. The van der Waals surface area contributed by atoms with Crippen LogP contribution in [0.2, 0.25) is 5.02 Å². The van der Waals surface area contributed by atoms with Gasteiger partial charge in [-0.05, 0) is 31.2 Å². The maximum absolute atomic E-state index is 12.2. The molecule has 2 aromatic carbocycles. The number of hydrogen-bond donors (Lipinski definition) is 3. The standard InChI is InChI=1S/C18H15ClN4O2/c1-11(12-6-3-5-9-17(12)24)20-23-18(25)16-10-15(21-22-16)13-7-2-4-8-14(13)19/h2-10,24H,1H3,(H,21,22)(H,23,25)/b20-11-. The highest BCUT2D eigenvalue weighted by Crippen LogP contribution is 2.26. The molecule has 1 aromatic heterocycles. The van der Waals surface area contributed by atoms with E-state index in [0.29, 0.717) is 22.0 Å². The number of phenolic OH excluding ortho intramolecular Hbond substituents is 1. The molecule has 126 valence electrons. The van der Waals surface area contributed by atoms with Gasteiger partial charge < -0.3 is 5.11 Å².